The largest absolute Gasteiger partial charge is 0.497 e. The average Bonchev–Trinajstić information content (AvgIpc) is 2.59. The van der Waals surface area contributed by atoms with Crippen molar-refractivity contribution in [3.63, 3.8) is 0 Å². The molecular weight excluding hydrogens is 374 g/mol. The molecule has 1 atom stereocenters. The Balaban J connectivity index is 1.83. The van der Waals surface area contributed by atoms with Crippen molar-refractivity contribution < 1.29 is 19.1 Å². The molecule has 0 N–H and O–H groups in total. The molecule has 1 heterocycles. The average molecular weight is 390 g/mol. The summed E-state index contributed by atoms with van der Waals surface area (Å²) in [5.41, 5.74) is 1.92. The summed E-state index contributed by atoms with van der Waals surface area (Å²) in [6, 6.07) is 12.4. The van der Waals surface area contributed by atoms with Gasteiger partial charge < -0.3 is 14.3 Å². The van der Waals surface area contributed by atoms with Gasteiger partial charge in [0, 0.05) is 22.5 Å². The maximum absolute atomic E-state index is 12.1. The number of fused-ring (bicyclic) bond motifs is 1. The van der Waals surface area contributed by atoms with Crippen molar-refractivity contribution in [1.82, 2.24) is 0 Å². The molecule has 0 amide bonds. The zero-order valence-electron chi connectivity index (χ0n) is 13.3. The highest BCUT2D eigenvalue weighted by Crippen LogP contribution is 2.31. The van der Waals surface area contributed by atoms with Crippen LogP contribution in [-0.4, -0.2) is 24.9 Å². The lowest BCUT2D eigenvalue weighted by Crippen LogP contribution is -2.25. The number of carbonyl (C=O) groups excluding carboxylic acids is 1. The summed E-state index contributed by atoms with van der Waals surface area (Å²) in [4.78, 5) is 17.2. The molecule has 0 radical (unpaired) electrons. The summed E-state index contributed by atoms with van der Waals surface area (Å²) in [5.74, 6) is 0.879. The van der Waals surface area contributed by atoms with E-state index in [9.17, 15) is 4.79 Å². The van der Waals surface area contributed by atoms with E-state index >= 15 is 0 Å². The topological polar surface area (TPSA) is 57.1 Å². The van der Waals surface area contributed by atoms with Gasteiger partial charge in [0.25, 0.3) is 0 Å². The third kappa shape index (κ3) is 3.59. The van der Waals surface area contributed by atoms with Gasteiger partial charge in [0.05, 0.1) is 18.4 Å². The second-order valence-electron chi connectivity index (χ2n) is 5.42. The molecule has 0 unspecified atom stereocenters. The first-order valence-corrected chi connectivity index (χ1v) is 8.25. The minimum atomic E-state index is -0.496. The molecule has 2 aromatic rings. The first-order valence-electron chi connectivity index (χ1n) is 7.45. The lowest BCUT2D eigenvalue weighted by atomic mass is 10.0. The molecule has 124 valence electrons. The number of nitrogens with zero attached hydrogens (tertiary/aromatic N) is 1. The van der Waals surface area contributed by atoms with Crippen LogP contribution in [0.3, 0.4) is 0 Å². The van der Waals surface area contributed by atoms with Crippen LogP contribution in [0, 0.1) is 0 Å². The van der Waals surface area contributed by atoms with E-state index < -0.39 is 5.97 Å². The molecule has 0 fully saturated rings. The number of ether oxygens (including phenoxy) is 2. The predicted molar refractivity (Wildman–Crippen MR) is 93.8 cm³/mol. The van der Waals surface area contributed by atoms with E-state index in [2.05, 4.69) is 21.1 Å². The smallest absolute Gasteiger partial charge is 0.365 e. The minimum absolute atomic E-state index is 0.0604. The van der Waals surface area contributed by atoms with Gasteiger partial charge in [0.1, 0.15) is 17.6 Å². The molecule has 0 spiro atoms. The molecule has 0 saturated carbocycles. The maximum atomic E-state index is 12.1. The van der Waals surface area contributed by atoms with Crippen LogP contribution in [0.15, 0.2) is 52.1 Å². The Labute approximate surface area is 148 Å². The number of halogens is 1. The first-order chi connectivity index (χ1) is 11.6. The van der Waals surface area contributed by atoms with Gasteiger partial charge in [0.2, 0.25) is 0 Å². The fourth-order valence-corrected chi connectivity index (χ4v) is 2.69. The monoisotopic (exact) mass is 389 g/mol. The Bertz CT molecular complexity index is 786. The lowest BCUT2D eigenvalue weighted by molar-refractivity contribution is 0.0513. The number of carbonyl (C=O) groups is 1. The Morgan fingerprint density at radius 2 is 2.00 bits per heavy atom. The van der Waals surface area contributed by atoms with Gasteiger partial charge in [-0.2, -0.15) is 0 Å². The molecule has 1 aliphatic heterocycles. The van der Waals surface area contributed by atoms with E-state index in [0.717, 1.165) is 10.0 Å². The normalized spacial score (nSPS) is 17.8. The minimum Gasteiger partial charge on any atom is -0.497 e. The van der Waals surface area contributed by atoms with Crippen LogP contribution >= 0.6 is 15.9 Å². The highest BCUT2D eigenvalue weighted by atomic mass is 79.9. The molecule has 1 aliphatic rings. The molecule has 6 heteroatoms. The first kappa shape index (κ1) is 16.5. The van der Waals surface area contributed by atoms with Crippen molar-refractivity contribution >= 4 is 27.6 Å². The van der Waals surface area contributed by atoms with Crippen molar-refractivity contribution in [3.8, 4) is 11.5 Å². The van der Waals surface area contributed by atoms with Crippen molar-refractivity contribution in [2.45, 2.75) is 19.4 Å². The number of methoxy groups -OCH3 is 1. The van der Waals surface area contributed by atoms with E-state index in [1.54, 1.807) is 37.4 Å². The second kappa shape index (κ2) is 7.05. The van der Waals surface area contributed by atoms with E-state index in [1.807, 2.05) is 19.1 Å². The number of hydrogen-bond acceptors (Lipinski definition) is 5. The maximum Gasteiger partial charge on any atom is 0.365 e. The summed E-state index contributed by atoms with van der Waals surface area (Å²) in [5, 5.41) is 4.06. The van der Waals surface area contributed by atoms with E-state index in [1.165, 1.54) is 0 Å². The molecule has 2 aromatic carbocycles. The van der Waals surface area contributed by atoms with Gasteiger partial charge >= 0.3 is 5.97 Å². The fourth-order valence-electron chi connectivity index (χ4n) is 2.43. The molecular formula is C18H16BrNO4. The zero-order valence-corrected chi connectivity index (χ0v) is 14.9. The summed E-state index contributed by atoms with van der Waals surface area (Å²) in [7, 11) is 1.60. The Morgan fingerprint density at radius 1 is 1.25 bits per heavy atom. The van der Waals surface area contributed by atoms with Crippen LogP contribution in [0.4, 0.5) is 0 Å². The summed E-state index contributed by atoms with van der Waals surface area (Å²) >= 11 is 3.33. The number of benzene rings is 2. The Morgan fingerprint density at radius 3 is 2.71 bits per heavy atom. The molecule has 5 nitrogen and oxygen atoms in total. The van der Waals surface area contributed by atoms with E-state index in [4.69, 9.17) is 14.3 Å². The van der Waals surface area contributed by atoms with Gasteiger partial charge in [-0.15, -0.1) is 0 Å². The second-order valence-corrected chi connectivity index (χ2v) is 6.33. The van der Waals surface area contributed by atoms with E-state index in [0.29, 0.717) is 29.2 Å². The molecule has 0 aliphatic carbocycles. The number of rotatable bonds is 3. The third-order valence-electron chi connectivity index (χ3n) is 3.63. The van der Waals surface area contributed by atoms with Crippen LogP contribution in [0.5, 0.6) is 11.5 Å². The highest BCUT2D eigenvalue weighted by Gasteiger charge is 2.23. The van der Waals surface area contributed by atoms with Gasteiger partial charge in [-0.25, -0.2) is 4.79 Å². The lowest BCUT2D eigenvalue weighted by Gasteiger charge is -2.24. The van der Waals surface area contributed by atoms with Crippen molar-refractivity contribution in [2.24, 2.45) is 5.16 Å². The third-order valence-corrected chi connectivity index (χ3v) is 4.16. The van der Waals surface area contributed by atoms with Crippen molar-refractivity contribution in [1.29, 1.82) is 0 Å². The Hall–Kier alpha value is -2.34. The van der Waals surface area contributed by atoms with Crippen LogP contribution in [0.1, 0.15) is 29.3 Å². The van der Waals surface area contributed by atoms with Gasteiger partial charge in [-0.3, -0.25) is 0 Å². The molecule has 24 heavy (non-hydrogen) atoms. The Kier molecular flexibility index (Phi) is 4.85. The fraction of sp³-hybridized carbons (Fsp3) is 0.222. The molecule has 3 rings (SSSR count). The quantitative estimate of drug-likeness (QED) is 0.583. The summed E-state index contributed by atoms with van der Waals surface area (Å²) in [6.07, 6.45) is 0.502. The predicted octanol–water partition coefficient (Wildman–Crippen LogP) is 4.19. The standard InChI is InChI=1S/C18H16BrNO4/c1-11-9-16(15-8-7-14(22-2)10-17(15)23-11)20-24-18(21)12-3-5-13(19)6-4-12/h3-8,10-11H,9H2,1-2H3/b20-16+/t11-/m0/s1. The van der Waals surface area contributed by atoms with Crippen LogP contribution in [0.25, 0.3) is 0 Å². The van der Waals surface area contributed by atoms with Gasteiger partial charge in [-0.1, -0.05) is 21.1 Å². The number of oxime groups is 1. The van der Waals surface area contributed by atoms with Crippen LogP contribution in [0.2, 0.25) is 0 Å². The van der Waals surface area contributed by atoms with Crippen LogP contribution < -0.4 is 9.47 Å². The van der Waals surface area contributed by atoms with Gasteiger partial charge in [-0.05, 0) is 43.3 Å². The summed E-state index contributed by atoms with van der Waals surface area (Å²) in [6.45, 7) is 1.94. The number of hydrogen-bond donors (Lipinski definition) is 0. The van der Waals surface area contributed by atoms with E-state index in [-0.39, 0.29) is 6.10 Å². The van der Waals surface area contributed by atoms with Crippen molar-refractivity contribution in [3.05, 3.63) is 58.1 Å². The molecule has 0 bridgehead atoms. The van der Waals surface area contributed by atoms with Gasteiger partial charge in [0.15, 0.2) is 0 Å². The van der Waals surface area contributed by atoms with Crippen LogP contribution in [-0.2, 0) is 4.84 Å². The highest BCUT2D eigenvalue weighted by molar-refractivity contribution is 9.10. The van der Waals surface area contributed by atoms with Crippen molar-refractivity contribution in [2.75, 3.05) is 7.11 Å². The molecule has 0 saturated heterocycles. The zero-order chi connectivity index (χ0) is 17.1. The summed E-state index contributed by atoms with van der Waals surface area (Å²) < 4.78 is 11.9. The molecule has 0 aromatic heterocycles. The SMILES string of the molecule is COc1ccc2c(c1)O[C@@H](C)C/C2=N\OC(=O)c1ccc(Br)cc1.